The minimum atomic E-state index is 0.363. The predicted octanol–water partition coefficient (Wildman–Crippen LogP) is 4.05. The summed E-state index contributed by atoms with van der Waals surface area (Å²) in [7, 11) is 0. The van der Waals surface area contributed by atoms with Gasteiger partial charge in [0, 0.05) is 24.2 Å². The van der Waals surface area contributed by atoms with Crippen LogP contribution in [0.15, 0.2) is 12.7 Å². The maximum atomic E-state index is 5.40. The number of piperidine rings is 1. The Labute approximate surface area is 209 Å². The lowest BCUT2D eigenvalue weighted by Crippen LogP contribution is -2.55. The summed E-state index contributed by atoms with van der Waals surface area (Å²) < 4.78 is 5.21. The molecule has 2 saturated heterocycles. The largest absolute Gasteiger partial charge is 0.378 e. The highest BCUT2D eigenvalue weighted by molar-refractivity contribution is 5.27. The fraction of sp³-hybridized carbons (Fsp3) is 0.885. The molecule has 8 nitrogen and oxygen atoms in total. The van der Waals surface area contributed by atoms with Crippen molar-refractivity contribution >= 4 is 5.95 Å². The van der Waals surface area contributed by atoms with Crippen molar-refractivity contribution < 1.29 is 4.74 Å². The van der Waals surface area contributed by atoms with E-state index in [1.54, 1.807) is 0 Å². The van der Waals surface area contributed by atoms with Crippen LogP contribution in [-0.2, 0) is 4.74 Å². The van der Waals surface area contributed by atoms with Gasteiger partial charge in [-0.15, -0.1) is 0 Å². The Balaban J connectivity index is 0.000000256. The number of rotatable bonds is 10. The molecule has 0 radical (unpaired) electrons. The second-order valence-electron chi connectivity index (χ2n) is 10.7. The number of nitrogens with two attached hydrogens (primary N) is 2. The fourth-order valence-electron chi connectivity index (χ4n) is 4.52. The standard InChI is InChI=1S/C10H24N2.C9H19N.C7H10N4O/c11-9-7-5-3-1-2-4-6-8-10-12;1-8(2)6-5-7-9(3,4)10-8;1-3-12-4-2-11(1)7-9-5-8-6-10-7/h1-12H2;10H,5-7H2,1-4H3;5-6H,1-4H2. The van der Waals surface area contributed by atoms with Gasteiger partial charge in [0.1, 0.15) is 12.7 Å². The van der Waals surface area contributed by atoms with Gasteiger partial charge in [-0.05, 0) is 72.9 Å². The number of nitrogens with one attached hydrogen (secondary N) is 1. The van der Waals surface area contributed by atoms with Crippen molar-refractivity contribution in [1.29, 1.82) is 0 Å². The summed E-state index contributed by atoms with van der Waals surface area (Å²) in [6.07, 6.45) is 17.5. The van der Waals surface area contributed by atoms with Gasteiger partial charge in [-0.3, -0.25) is 0 Å². The Morgan fingerprint density at radius 2 is 1.24 bits per heavy atom. The summed E-state index contributed by atoms with van der Waals surface area (Å²) in [5.41, 5.74) is 11.5. The molecule has 1 aromatic rings. The lowest BCUT2D eigenvalue weighted by Gasteiger charge is -2.42. The molecule has 198 valence electrons. The van der Waals surface area contributed by atoms with Crippen LogP contribution in [-0.4, -0.2) is 65.4 Å². The Hall–Kier alpha value is -1.35. The molecule has 3 rings (SSSR count). The van der Waals surface area contributed by atoms with E-state index in [4.69, 9.17) is 16.2 Å². The molecular formula is C26H53N7O. The summed E-state index contributed by atoms with van der Waals surface area (Å²) in [6.45, 7) is 14.1. The second-order valence-corrected chi connectivity index (χ2v) is 10.7. The molecule has 5 N–H and O–H groups in total. The Kier molecular flexibility index (Phi) is 16.2. The molecule has 0 unspecified atom stereocenters. The number of hydrogen-bond donors (Lipinski definition) is 3. The lowest BCUT2D eigenvalue weighted by molar-refractivity contribution is 0.122. The van der Waals surface area contributed by atoms with Crippen LogP contribution in [0.25, 0.3) is 0 Å². The van der Waals surface area contributed by atoms with Crippen LogP contribution in [0.3, 0.4) is 0 Å². The zero-order valence-electron chi connectivity index (χ0n) is 22.5. The zero-order valence-corrected chi connectivity index (χ0v) is 22.5. The van der Waals surface area contributed by atoms with Gasteiger partial charge in [-0.25, -0.2) is 15.0 Å². The van der Waals surface area contributed by atoms with E-state index in [-0.39, 0.29) is 0 Å². The summed E-state index contributed by atoms with van der Waals surface area (Å²) in [4.78, 5) is 13.9. The normalized spacial score (nSPS) is 18.8. The number of nitrogens with zero attached hydrogens (tertiary/aromatic N) is 4. The summed E-state index contributed by atoms with van der Waals surface area (Å²) in [5, 5.41) is 3.63. The molecule has 0 amide bonds. The van der Waals surface area contributed by atoms with E-state index in [2.05, 4.69) is 52.9 Å². The van der Waals surface area contributed by atoms with Crippen LogP contribution in [0.1, 0.15) is 98.3 Å². The smallest absolute Gasteiger partial charge is 0.228 e. The van der Waals surface area contributed by atoms with E-state index in [9.17, 15) is 0 Å². The fourth-order valence-corrected chi connectivity index (χ4v) is 4.52. The van der Waals surface area contributed by atoms with E-state index in [0.717, 1.165) is 45.3 Å². The first-order valence-electron chi connectivity index (χ1n) is 13.4. The predicted molar refractivity (Wildman–Crippen MR) is 143 cm³/mol. The maximum absolute atomic E-state index is 5.40. The van der Waals surface area contributed by atoms with Crippen molar-refractivity contribution in [1.82, 2.24) is 20.3 Å². The van der Waals surface area contributed by atoms with E-state index < -0.39 is 0 Å². The van der Waals surface area contributed by atoms with Gasteiger partial charge in [0.25, 0.3) is 0 Å². The molecule has 0 saturated carbocycles. The maximum Gasteiger partial charge on any atom is 0.228 e. The van der Waals surface area contributed by atoms with E-state index in [1.165, 1.54) is 83.3 Å². The molecule has 34 heavy (non-hydrogen) atoms. The van der Waals surface area contributed by atoms with Gasteiger partial charge in [0.05, 0.1) is 13.2 Å². The molecule has 8 heteroatoms. The lowest BCUT2D eigenvalue weighted by atomic mass is 9.83. The van der Waals surface area contributed by atoms with Gasteiger partial charge >= 0.3 is 0 Å². The zero-order chi connectivity index (χ0) is 25.1. The third kappa shape index (κ3) is 15.5. The van der Waals surface area contributed by atoms with Gasteiger partial charge in [-0.1, -0.05) is 38.5 Å². The molecule has 0 aromatic carbocycles. The van der Waals surface area contributed by atoms with Crippen LogP contribution in [0.2, 0.25) is 0 Å². The molecule has 1 aromatic heterocycles. The third-order valence-electron chi connectivity index (χ3n) is 6.21. The Bertz CT molecular complexity index is 568. The number of anilines is 1. The van der Waals surface area contributed by atoms with E-state index in [0.29, 0.717) is 11.1 Å². The van der Waals surface area contributed by atoms with Gasteiger partial charge in [0.15, 0.2) is 0 Å². The highest BCUT2D eigenvalue weighted by Crippen LogP contribution is 2.27. The summed E-state index contributed by atoms with van der Waals surface area (Å²) >= 11 is 0. The molecule has 0 aliphatic carbocycles. The van der Waals surface area contributed by atoms with Crippen molar-refractivity contribution in [2.24, 2.45) is 11.5 Å². The van der Waals surface area contributed by atoms with Gasteiger partial charge in [0.2, 0.25) is 5.95 Å². The molecule has 0 bridgehead atoms. The van der Waals surface area contributed by atoms with Crippen molar-refractivity contribution in [3.63, 3.8) is 0 Å². The van der Waals surface area contributed by atoms with Crippen molar-refractivity contribution in [2.75, 3.05) is 44.3 Å². The van der Waals surface area contributed by atoms with Crippen LogP contribution in [0.5, 0.6) is 0 Å². The highest BCUT2D eigenvalue weighted by Gasteiger charge is 2.31. The Morgan fingerprint density at radius 3 is 1.62 bits per heavy atom. The van der Waals surface area contributed by atoms with Crippen LogP contribution in [0, 0.1) is 0 Å². The minimum Gasteiger partial charge on any atom is -0.378 e. The van der Waals surface area contributed by atoms with Gasteiger partial charge in [-0.2, -0.15) is 0 Å². The molecule has 2 aliphatic heterocycles. The number of unbranched alkanes of at least 4 members (excludes halogenated alkanes) is 7. The first-order valence-corrected chi connectivity index (χ1v) is 13.4. The summed E-state index contributed by atoms with van der Waals surface area (Å²) in [5.74, 6) is 0.744. The number of aromatic nitrogens is 3. The minimum absolute atomic E-state index is 0.363. The average Bonchev–Trinajstić information content (AvgIpc) is 2.81. The van der Waals surface area contributed by atoms with Crippen LogP contribution in [0.4, 0.5) is 5.95 Å². The number of hydrogen-bond acceptors (Lipinski definition) is 8. The van der Waals surface area contributed by atoms with Crippen molar-refractivity contribution in [2.45, 2.75) is 109 Å². The highest BCUT2D eigenvalue weighted by atomic mass is 16.5. The molecule has 3 heterocycles. The monoisotopic (exact) mass is 479 g/mol. The van der Waals surface area contributed by atoms with E-state index >= 15 is 0 Å². The number of morpholine rings is 1. The quantitative estimate of drug-likeness (QED) is 0.431. The van der Waals surface area contributed by atoms with Crippen LogP contribution >= 0.6 is 0 Å². The topological polar surface area (TPSA) is 115 Å². The van der Waals surface area contributed by atoms with E-state index in [1.807, 2.05) is 0 Å². The third-order valence-corrected chi connectivity index (χ3v) is 6.21. The summed E-state index contributed by atoms with van der Waals surface area (Å²) in [6, 6.07) is 0. The van der Waals surface area contributed by atoms with Crippen LogP contribution < -0.4 is 21.7 Å². The van der Waals surface area contributed by atoms with Crippen molar-refractivity contribution in [3.05, 3.63) is 12.7 Å². The molecule has 0 atom stereocenters. The first-order chi connectivity index (χ1) is 16.3. The Morgan fingerprint density at radius 1 is 0.794 bits per heavy atom. The average molecular weight is 480 g/mol. The number of ether oxygens (including phenoxy) is 1. The van der Waals surface area contributed by atoms with Crippen molar-refractivity contribution in [3.8, 4) is 0 Å². The second kappa shape index (κ2) is 18.0. The first kappa shape index (κ1) is 30.7. The molecule has 0 spiro atoms. The van der Waals surface area contributed by atoms with Gasteiger partial charge < -0.3 is 26.4 Å². The SMILES string of the molecule is CC1(C)CCCC(C)(C)N1.NCCCCCCCCCCN.c1ncnc(N2CCOCC2)n1. The molecular weight excluding hydrogens is 426 g/mol. The molecule has 2 aliphatic rings. The molecule has 2 fully saturated rings.